The fourth-order valence-electron chi connectivity index (χ4n) is 2.08. The van der Waals surface area contributed by atoms with Crippen LogP contribution >= 0.6 is 0 Å². The predicted octanol–water partition coefficient (Wildman–Crippen LogP) is 3.31. The van der Waals surface area contributed by atoms with Crippen LogP contribution in [0.15, 0.2) is 42.6 Å². The summed E-state index contributed by atoms with van der Waals surface area (Å²) in [5.41, 5.74) is 3.77. The highest BCUT2D eigenvalue weighted by molar-refractivity contribution is 5.93. The zero-order chi connectivity index (χ0) is 15.2. The Hall–Kier alpha value is -2.36. The lowest BCUT2D eigenvalue weighted by molar-refractivity contribution is 0.0951. The van der Waals surface area contributed by atoms with Crippen molar-refractivity contribution in [3.05, 3.63) is 59.4 Å². The normalized spacial score (nSPS) is 11.8. The number of hydrogen-bond acceptors (Lipinski definition) is 3. The van der Waals surface area contributed by atoms with Crippen molar-refractivity contribution in [3.63, 3.8) is 0 Å². The lowest BCUT2D eigenvalue weighted by Gasteiger charge is -2.16. The molecular formula is C17H21N3O. The Labute approximate surface area is 125 Å². The van der Waals surface area contributed by atoms with Gasteiger partial charge in [0, 0.05) is 24.5 Å². The minimum absolute atomic E-state index is 0.149. The van der Waals surface area contributed by atoms with Crippen molar-refractivity contribution in [1.82, 2.24) is 10.3 Å². The van der Waals surface area contributed by atoms with Crippen LogP contribution in [0.4, 0.5) is 5.69 Å². The first kappa shape index (κ1) is 15.0. The van der Waals surface area contributed by atoms with Gasteiger partial charge in [-0.3, -0.25) is 9.78 Å². The lowest BCUT2D eigenvalue weighted by atomic mass is 10.1. The van der Waals surface area contributed by atoms with Crippen molar-refractivity contribution in [2.75, 3.05) is 11.9 Å². The number of nitrogens with one attached hydrogen (secondary N) is 2. The van der Waals surface area contributed by atoms with E-state index >= 15 is 0 Å². The van der Waals surface area contributed by atoms with Crippen LogP contribution in [-0.2, 0) is 0 Å². The van der Waals surface area contributed by atoms with E-state index in [1.807, 2.05) is 13.0 Å². The number of carbonyl (C=O) groups is 1. The molecule has 1 aromatic carbocycles. The van der Waals surface area contributed by atoms with Gasteiger partial charge in [0.05, 0.1) is 0 Å². The molecule has 4 heteroatoms. The molecule has 21 heavy (non-hydrogen) atoms. The summed E-state index contributed by atoms with van der Waals surface area (Å²) in [6.45, 7) is 6.65. The van der Waals surface area contributed by atoms with E-state index in [9.17, 15) is 4.79 Å². The number of pyridine rings is 1. The molecular weight excluding hydrogens is 262 g/mol. The van der Waals surface area contributed by atoms with Crippen LogP contribution in [0.3, 0.4) is 0 Å². The standard InChI is InChI=1S/C17H21N3O/c1-4-18-17(21)16-11-15(9-10-19-16)20-13(3)14-7-5-12(2)6-8-14/h5-11,13H,4H2,1-3H3,(H,18,21)(H,19,20). The van der Waals surface area contributed by atoms with Gasteiger partial charge in [-0.25, -0.2) is 0 Å². The Kier molecular flexibility index (Phi) is 4.93. The van der Waals surface area contributed by atoms with Crippen LogP contribution in [0.25, 0.3) is 0 Å². The summed E-state index contributed by atoms with van der Waals surface area (Å²) in [6.07, 6.45) is 1.65. The van der Waals surface area contributed by atoms with Crippen molar-refractivity contribution < 1.29 is 4.79 Å². The molecule has 2 aromatic rings. The topological polar surface area (TPSA) is 54.0 Å². The zero-order valence-electron chi connectivity index (χ0n) is 12.7. The highest BCUT2D eigenvalue weighted by Crippen LogP contribution is 2.19. The number of nitrogens with zero attached hydrogens (tertiary/aromatic N) is 1. The summed E-state index contributed by atoms with van der Waals surface area (Å²) in [6, 6.07) is 12.2. The Balaban J connectivity index is 2.10. The molecule has 1 heterocycles. The Bertz CT molecular complexity index is 608. The van der Waals surface area contributed by atoms with Gasteiger partial charge in [0.25, 0.3) is 5.91 Å². The van der Waals surface area contributed by atoms with E-state index in [-0.39, 0.29) is 11.9 Å². The molecule has 0 saturated carbocycles. The molecule has 0 aliphatic heterocycles. The van der Waals surface area contributed by atoms with Crippen LogP contribution in [0, 0.1) is 6.92 Å². The number of amides is 1. The Morgan fingerprint density at radius 2 is 1.95 bits per heavy atom. The average Bonchev–Trinajstić information content (AvgIpc) is 2.48. The lowest BCUT2D eigenvalue weighted by Crippen LogP contribution is -2.23. The summed E-state index contributed by atoms with van der Waals surface area (Å²) >= 11 is 0. The largest absolute Gasteiger partial charge is 0.378 e. The molecule has 0 saturated heterocycles. The summed E-state index contributed by atoms with van der Waals surface area (Å²) in [5.74, 6) is -0.149. The van der Waals surface area contributed by atoms with E-state index in [0.717, 1.165) is 5.69 Å². The first-order chi connectivity index (χ1) is 10.1. The predicted molar refractivity (Wildman–Crippen MR) is 85.5 cm³/mol. The van der Waals surface area contributed by atoms with Crippen LogP contribution in [0.2, 0.25) is 0 Å². The monoisotopic (exact) mass is 283 g/mol. The first-order valence-corrected chi connectivity index (χ1v) is 7.17. The second kappa shape index (κ2) is 6.88. The molecule has 1 unspecified atom stereocenters. The molecule has 110 valence electrons. The second-order valence-electron chi connectivity index (χ2n) is 5.07. The molecule has 1 aromatic heterocycles. The van der Waals surface area contributed by atoms with E-state index in [1.165, 1.54) is 11.1 Å². The number of rotatable bonds is 5. The number of aryl methyl sites for hydroxylation is 1. The summed E-state index contributed by atoms with van der Waals surface area (Å²) in [5, 5.41) is 6.15. The number of anilines is 1. The highest BCUT2D eigenvalue weighted by Gasteiger charge is 2.09. The molecule has 0 aliphatic rings. The average molecular weight is 283 g/mol. The van der Waals surface area contributed by atoms with Crippen LogP contribution in [0.5, 0.6) is 0 Å². The minimum atomic E-state index is -0.149. The van der Waals surface area contributed by atoms with E-state index < -0.39 is 0 Å². The molecule has 1 amide bonds. The molecule has 4 nitrogen and oxygen atoms in total. The van der Waals surface area contributed by atoms with E-state index in [0.29, 0.717) is 12.2 Å². The van der Waals surface area contributed by atoms with Gasteiger partial charge in [-0.2, -0.15) is 0 Å². The fourth-order valence-corrected chi connectivity index (χ4v) is 2.08. The van der Waals surface area contributed by atoms with Crippen molar-refractivity contribution in [2.45, 2.75) is 26.8 Å². The van der Waals surface area contributed by atoms with Gasteiger partial charge in [-0.15, -0.1) is 0 Å². The van der Waals surface area contributed by atoms with E-state index in [4.69, 9.17) is 0 Å². The molecule has 0 aliphatic carbocycles. The van der Waals surface area contributed by atoms with Gasteiger partial charge in [-0.05, 0) is 38.5 Å². The Morgan fingerprint density at radius 1 is 1.24 bits per heavy atom. The minimum Gasteiger partial charge on any atom is -0.378 e. The van der Waals surface area contributed by atoms with Gasteiger partial charge < -0.3 is 10.6 Å². The van der Waals surface area contributed by atoms with Crippen LogP contribution in [0.1, 0.15) is 41.5 Å². The molecule has 0 bridgehead atoms. The van der Waals surface area contributed by atoms with Gasteiger partial charge in [0.15, 0.2) is 0 Å². The van der Waals surface area contributed by atoms with Crippen molar-refractivity contribution >= 4 is 11.6 Å². The third kappa shape index (κ3) is 4.05. The number of hydrogen-bond donors (Lipinski definition) is 2. The summed E-state index contributed by atoms with van der Waals surface area (Å²) < 4.78 is 0. The van der Waals surface area contributed by atoms with Gasteiger partial charge in [0.1, 0.15) is 5.69 Å². The smallest absolute Gasteiger partial charge is 0.269 e. The van der Waals surface area contributed by atoms with Gasteiger partial charge >= 0.3 is 0 Å². The summed E-state index contributed by atoms with van der Waals surface area (Å²) in [7, 11) is 0. The van der Waals surface area contributed by atoms with Crippen molar-refractivity contribution in [2.24, 2.45) is 0 Å². The number of carbonyl (C=O) groups excluding carboxylic acids is 1. The fraction of sp³-hybridized carbons (Fsp3) is 0.294. The number of aromatic nitrogens is 1. The van der Waals surface area contributed by atoms with Crippen LogP contribution in [-0.4, -0.2) is 17.4 Å². The van der Waals surface area contributed by atoms with Gasteiger partial charge in [0.2, 0.25) is 0 Å². The van der Waals surface area contributed by atoms with Crippen molar-refractivity contribution in [3.8, 4) is 0 Å². The third-order valence-corrected chi connectivity index (χ3v) is 3.29. The molecule has 2 rings (SSSR count). The SMILES string of the molecule is CCNC(=O)c1cc(NC(C)c2ccc(C)cc2)ccn1. The van der Waals surface area contributed by atoms with E-state index in [2.05, 4.69) is 53.7 Å². The maximum absolute atomic E-state index is 11.8. The quantitative estimate of drug-likeness (QED) is 0.885. The number of benzene rings is 1. The van der Waals surface area contributed by atoms with Crippen molar-refractivity contribution in [1.29, 1.82) is 0 Å². The zero-order valence-corrected chi connectivity index (χ0v) is 12.7. The van der Waals surface area contributed by atoms with Gasteiger partial charge in [-0.1, -0.05) is 29.8 Å². The Morgan fingerprint density at radius 3 is 2.62 bits per heavy atom. The summed E-state index contributed by atoms with van der Waals surface area (Å²) in [4.78, 5) is 15.9. The van der Waals surface area contributed by atoms with Crippen LogP contribution < -0.4 is 10.6 Å². The van der Waals surface area contributed by atoms with E-state index in [1.54, 1.807) is 12.3 Å². The molecule has 1 atom stereocenters. The first-order valence-electron chi connectivity index (χ1n) is 7.17. The highest BCUT2D eigenvalue weighted by atomic mass is 16.1. The second-order valence-corrected chi connectivity index (χ2v) is 5.07. The molecule has 0 fully saturated rings. The molecule has 0 spiro atoms. The maximum Gasteiger partial charge on any atom is 0.269 e. The maximum atomic E-state index is 11.8. The molecule has 0 radical (unpaired) electrons. The third-order valence-electron chi connectivity index (χ3n) is 3.29. The molecule has 2 N–H and O–H groups in total.